The maximum atomic E-state index is 12.2. The number of esters is 1. The molecule has 0 saturated heterocycles. The van der Waals surface area contributed by atoms with Gasteiger partial charge in [-0.05, 0) is 53.1 Å². The lowest BCUT2D eigenvalue weighted by atomic mass is 10.0. The Hall–Kier alpha value is -3.47. The van der Waals surface area contributed by atoms with E-state index in [4.69, 9.17) is 9.47 Å². The van der Waals surface area contributed by atoms with Crippen LogP contribution in [0.2, 0.25) is 0 Å². The van der Waals surface area contributed by atoms with Gasteiger partial charge in [-0.15, -0.1) is 0 Å². The highest BCUT2D eigenvalue weighted by Gasteiger charge is 2.08. The summed E-state index contributed by atoms with van der Waals surface area (Å²) in [6.45, 7) is 0.184. The van der Waals surface area contributed by atoms with E-state index >= 15 is 0 Å². The zero-order chi connectivity index (χ0) is 19.2. The Kier molecular flexibility index (Phi) is 5.61. The minimum atomic E-state index is -0.403. The number of hydrogen-bond donors (Lipinski definition) is 2. The van der Waals surface area contributed by atoms with Gasteiger partial charge in [0.2, 0.25) is 0 Å². The predicted molar refractivity (Wildman–Crippen MR) is 102 cm³/mol. The molecule has 0 aromatic heterocycles. The fourth-order valence-electron chi connectivity index (χ4n) is 2.65. The second kappa shape index (κ2) is 8.27. The average molecular weight is 364 g/mol. The molecule has 3 aromatic carbocycles. The molecule has 0 atom stereocenters. The summed E-state index contributed by atoms with van der Waals surface area (Å²) < 4.78 is 10.4. The Bertz CT molecular complexity index is 914. The maximum absolute atomic E-state index is 12.2. The Morgan fingerprint density at radius 3 is 2.07 bits per heavy atom. The Balaban J connectivity index is 1.57. The second-order valence-electron chi connectivity index (χ2n) is 6.01. The van der Waals surface area contributed by atoms with E-state index in [-0.39, 0.29) is 18.1 Å². The molecule has 3 aromatic rings. The molecule has 5 nitrogen and oxygen atoms in total. The molecule has 3 rings (SSSR count). The van der Waals surface area contributed by atoms with Crippen molar-refractivity contribution in [2.75, 3.05) is 13.7 Å². The topological polar surface area (TPSA) is 76.0 Å². The van der Waals surface area contributed by atoms with Crippen LogP contribution in [0.1, 0.15) is 15.9 Å². The first-order valence-electron chi connectivity index (χ1n) is 8.49. The fraction of sp³-hybridized carbons (Fsp3) is 0.136. The second-order valence-corrected chi connectivity index (χ2v) is 6.01. The summed E-state index contributed by atoms with van der Waals surface area (Å²) in [5.41, 5.74) is 3.27. The highest BCUT2D eigenvalue weighted by Crippen LogP contribution is 2.25. The van der Waals surface area contributed by atoms with E-state index in [0.29, 0.717) is 12.0 Å². The van der Waals surface area contributed by atoms with Gasteiger partial charge in [0, 0.05) is 6.42 Å². The van der Waals surface area contributed by atoms with E-state index in [2.05, 4.69) is 0 Å². The molecule has 0 saturated carbocycles. The normalized spacial score (nSPS) is 10.4. The fourth-order valence-corrected chi connectivity index (χ4v) is 2.65. The van der Waals surface area contributed by atoms with Crippen LogP contribution in [0, 0.1) is 0 Å². The van der Waals surface area contributed by atoms with E-state index in [1.54, 1.807) is 25.3 Å². The predicted octanol–water partition coefficient (Wildman–Crippen LogP) is 4.17. The lowest BCUT2D eigenvalue weighted by Gasteiger charge is -2.07. The zero-order valence-corrected chi connectivity index (χ0v) is 14.9. The molecule has 27 heavy (non-hydrogen) atoms. The van der Waals surface area contributed by atoms with Crippen molar-refractivity contribution in [2.24, 2.45) is 0 Å². The summed E-state index contributed by atoms with van der Waals surface area (Å²) in [6.07, 6.45) is 0.448. The van der Waals surface area contributed by atoms with Crippen LogP contribution in [0.4, 0.5) is 0 Å². The van der Waals surface area contributed by atoms with Gasteiger partial charge in [-0.1, -0.05) is 30.3 Å². The van der Waals surface area contributed by atoms with Crippen LogP contribution in [-0.2, 0) is 11.2 Å². The third-order valence-corrected chi connectivity index (χ3v) is 4.21. The molecule has 0 fully saturated rings. The van der Waals surface area contributed by atoms with Gasteiger partial charge in [-0.2, -0.15) is 0 Å². The van der Waals surface area contributed by atoms with Gasteiger partial charge in [0.25, 0.3) is 0 Å². The van der Waals surface area contributed by atoms with E-state index in [0.717, 1.165) is 22.4 Å². The first kappa shape index (κ1) is 18.3. The van der Waals surface area contributed by atoms with Gasteiger partial charge in [-0.25, -0.2) is 4.79 Å². The van der Waals surface area contributed by atoms with Gasteiger partial charge < -0.3 is 19.7 Å². The molecule has 5 heteroatoms. The number of methoxy groups -OCH3 is 1. The third kappa shape index (κ3) is 4.58. The number of carbonyl (C=O) groups is 1. The molecule has 0 radical (unpaired) electrons. The summed E-state index contributed by atoms with van der Waals surface area (Å²) in [5, 5.41) is 18.8. The van der Waals surface area contributed by atoms with E-state index in [9.17, 15) is 15.0 Å². The van der Waals surface area contributed by atoms with Crippen LogP contribution in [0.5, 0.6) is 17.2 Å². The van der Waals surface area contributed by atoms with Crippen molar-refractivity contribution in [3.8, 4) is 28.4 Å². The first-order valence-corrected chi connectivity index (χ1v) is 8.49. The number of benzene rings is 3. The van der Waals surface area contributed by atoms with Crippen LogP contribution < -0.4 is 4.74 Å². The molecule has 2 N–H and O–H groups in total. The highest BCUT2D eigenvalue weighted by molar-refractivity contribution is 5.90. The number of phenolic OH excluding ortho intramolecular Hbond substituents is 2. The van der Waals surface area contributed by atoms with Crippen molar-refractivity contribution in [3.63, 3.8) is 0 Å². The SMILES string of the molecule is COc1ccc(-c2ccc(C(=O)OCCc3ccc(O)c(O)c3)cc2)cc1. The van der Waals surface area contributed by atoms with E-state index < -0.39 is 5.97 Å². The molecule has 138 valence electrons. The van der Waals surface area contributed by atoms with Crippen molar-refractivity contribution in [1.29, 1.82) is 0 Å². The first-order chi connectivity index (χ1) is 13.1. The Morgan fingerprint density at radius 1 is 0.852 bits per heavy atom. The number of phenols is 2. The van der Waals surface area contributed by atoms with Gasteiger partial charge in [0.05, 0.1) is 19.3 Å². The number of aromatic hydroxyl groups is 2. The number of rotatable bonds is 6. The van der Waals surface area contributed by atoms with Crippen LogP contribution in [0.3, 0.4) is 0 Å². The van der Waals surface area contributed by atoms with Crippen molar-refractivity contribution >= 4 is 5.97 Å². The largest absolute Gasteiger partial charge is 0.504 e. The maximum Gasteiger partial charge on any atom is 0.338 e. The van der Waals surface area contributed by atoms with Crippen molar-refractivity contribution in [3.05, 3.63) is 77.9 Å². The molecule has 0 aliphatic heterocycles. The molecule has 0 heterocycles. The van der Waals surface area contributed by atoms with Crippen LogP contribution >= 0.6 is 0 Å². The van der Waals surface area contributed by atoms with Crippen molar-refractivity contribution in [2.45, 2.75) is 6.42 Å². The molecule has 0 spiro atoms. The highest BCUT2D eigenvalue weighted by atomic mass is 16.5. The smallest absolute Gasteiger partial charge is 0.338 e. The van der Waals surface area contributed by atoms with Crippen LogP contribution in [0.25, 0.3) is 11.1 Å². The monoisotopic (exact) mass is 364 g/mol. The summed E-state index contributed by atoms with van der Waals surface area (Å²) in [7, 11) is 1.62. The lowest BCUT2D eigenvalue weighted by Crippen LogP contribution is -2.08. The molecule has 0 bridgehead atoms. The quantitative estimate of drug-likeness (QED) is 0.507. The van der Waals surface area contributed by atoms with Crippen molar-refractivity contribution < 1.29 is 24.5 Å². The number of ether oxygens (including phenoxy) is 2. The summed E-state index contributed by atoms with van der Waals surface area (Å²) >= 11 is 0. The molecular weight excluding hydrogens is 344 g/mol. The van der Waals surface area contributed by atoms with Gasteiger partial charge in [-0.3, -0.25) is 0 Å². The molecule has 0 unspecified atom stereocenters. The summed E-state index contributed by atoms with van der Waals surface area (Å²) in [6, 6.07) is 19.4. The number of carbonyl (C=O) groups excluding carboxylic acids is 1. The average Bonchev–Trinajstić information content (AvgIpc) is 2.71. The third-order valence-electron chi connectivity index (χ3n) is 4.21. The molecular formula is C22H20O5. The zero-order valence-electron chi connectivity index (χ0n) is 14.9. The summed E-state index contributed by atoms with van der Waals surface area (Å²) in [5.74, 6) is 0.0285. The van der Waals surface area contributed by atoms with E-state index in [1.807, 2.05) is 36.4 Å². The molecule has 0 amide bonds. The van der Waals surface area contributed by atoms with Crippen molar-refractivity contribution in [1.82, 2.24) is 0 Å². The van der Waals surface area contributed by atoms with E-state index in [1.165, 1.54) is 12.1 Å². The molecule has 0 aliphatic carbocycles. The minimum absolute atomic E-state index is 0.173. The van der Waals surface area contributed by atoms with Crippen LogP contribution in [0.15, 0.2) is 66.7 Å². The summed E-state index contributed by atoms with van der Waals surface area (Å²) in [4.78, 5) is 12.2. The van der Waals surface area contributed by atoms with Crippen LogP contribution in [-0.4, -0.2) is 29.9 Å². The van der Waals surface area contributed by atoms with Gasteiger partial charge in [0.15, 0.2) is 11.5 Å². The lowest BCUT2D eigenvalue weighted by molar-refractivity contribution is 0.0509. The molecule has 0 aliphatic rings. The standard InChI is InChI=1S/C22H20O5/c1-26-19-9-7-17(8-10-19)16-3-5-18(6-4-16)22(25)27-13-12-15-2-11-20(23)21(24)14-15/h2-11,14,23-24H,12-13H2,1H3. The van der Waals surface area contributed by atoms with Gasteiger partial charge in [0.1, 0.15) is 5.75 Å². The number of hydrogen-bond acceptors (Lipinski definition) is 5. The Labute approximate surface area is 157 Å². The Morgan fingerprint density at radius 2 is 1.48 bits per heavy atom. The minimum Gasteiger partial charge on any atom is -0.504 e. The van der Waals surface area contributed by atoms with Gasteiger partial charge >= 0.3 is 5.97 Å².